The first-order valence-electron chi connectivity index (χ1n) is 8.22. The number of nitrogens with one attached hydrogen (secondary N) is 1. The highest BCUT2D eigenvalue weighted by Gasteiger charge is 2.21. The number of carbonyl (C=O) groups excluding carboxylic acids is 3. The van der Waals surface area contributed by atoms with Crippen LogP contribution in [0.3, 0.4) is 0 Å². The first-order valence-corrected chi connectivity index (χ1v) is 9.10. The molecule has 1 aliphatic carbocycles. The molecule has 0 aliphatic heterocycles. The monoisotopic (exact) mass is 357 g/mol. The maximum Gasteiger partial charge on any atom is 0.339 e. The summed E-state index contributed by atoms with van der Waals surface area (Å²) in [7, 11) is 0. The lowest BCUT2D eigenvalue weighted by Crippen LogP contribution is -2.21. The molecule has 1 aliphatic rings. The largest absolute Gasteiger partial charge is 0.452 e. The molecule has 1 N–H and O–H groups in total. The Morgan fingerprint density at radius 2 is 1.84 bits per heavy atom. The van der Waals surface area contributed by atoms with Crippen LogP contribution >= 0.6 is 11.3 Å². The molecule has 0 bridgehead atoms. The first kappa shape index (κ1) is 17.4. The maximum atomic E-state index is 12.2. The van der Waals surface area contributed by atoms with Gasteiger partial charge in [-0.05, 0) is 62.4 Å². The summed E-state index contributed by atoms with van der Waals surface area (Å²) in [6, 6.07) is 6.57. The Balaban J connectivity index is 1.54. The van der Waals surface area contributed by atoms with Crippen molar-refractivity contribution in [1.29, 1.82) is 0 Å². The van der Waals surface area contributed by atoms with Crippen molar-refractivity contribution in [2.75, 3.05) is 11.9 Å². The van der Waals surface area contributed by atoms with Crippen molar-refractivity contribution in [3.63, 3.8) is 0 Å². The molecule has 0 fully saturated rings. The second-order valence-corrected chi connectivity index (χ2v) is 6.98. The van der Waals surface area contributed by atoms with E-state index in [-0.39, 0.29) is 12.4 Å². The minimum Gasteiger partial charge on any atom is -0.452 e. The van der Waals surface area contributed by atoms with E-state index >= 15 is 0 Å². The number of Topliss-reactive ketones (excluding diaryl/α,β-unsaturated/α-hetero) is 1. The third-order valence-electron chi connectivity index (χ3n) is 4.19. The smallest absolute Gasteiger partial charge is 0.339 e. The van der Waals surface area contributed by atoms with Gasteiger partial charge in [-0.15, -0.1) is 11.3 Å². The summed E-state index contributed by atoms with van der Waals surface area (Å²) in [6.07, 6.45) is 4.16. The number of hydrogen-bond donors (Lipinski definition) is 1. The predicted molar refractivity (Wildman–Crippen MR) is 96.3 cm³/mol. The van der Waals surface area contributed by atoms with Crippen LogP contribution < -0.4 is 5.32 Å². The minimum atomic E-state index is -0.443. The molecule has 3 rings (SSSR count). The molecule has 6 heteroatoms. The van der Waals surface area contributed by atoms with Gasteiger partial charge in [-0.25, -0.2) is 4.79 Å². The molecule has 5 nitrogen and oxygen atoms in total. The van der Waals surface area contributed by atoms with Crippen molar-refractivity contribution in [2.24, 2.45) is 0 Å². The number of amides is 1. The van der Waals surface area contributed by atoms with Crippen LogP contribution in [0.1, 0.15) is 50.9 Å². The number of ketones is 1. The molecule has 1 amide bonds. The number of aryl methyl sites for hydroxylation is 1. The third-order valence-corrected chi connectivity index (χ3v) is 5.28. The van der Waals surface area contributed by atoms with E-state index in [9.17, 15) is 14.4 Å². The van der Waals surface area contributed by atoms with Gasteiger partial charge in [0.05, 0.1) is 5.56 Å². The summed E-state index contributed by atoms with van der Waals surface area (Å²) in [5.41, 5.74) is 2.81. The lowest BCUT2D eigenvalue weighted by molar-refractivity contribution is -0.119. The number of carbonyl (C=O) groups is 3. The van der Waals surface area contributed by atoms with Gasteiger partial charge in [0, 0.05) is 21.5 Å². The van der Waals surface area contributed by atoms with Crippen molar-refractivity contribution in [2.45, 2.75) is 32.6 Å². The minimum absolute atomic E-state index is 0.0362. The zero-order chi connectivity index (χ0) is 17.8. The van der Waals surface area contributed by atoms with E-state index in [4.69, 9.17) is 4.74 Å². The summed E-state index contributed by atoms with van der Waals surface area (Å²) >= 11 is 1.59. The van der Waals surface area contributed by atoms with Crippen molar-refractivity contribution in [3.8, 4) is 0 Å². The summed E-state index contributed by atoms with van der Waals surface area (Å²) < 4.78 is 5.15. The van der Waals surface area contributed by atoms with Crippen molar-refractivity contribution < 1.29 is 19.1 Å². The highest BCUT2D eigenvalue weighted by Crippen LogP contribution is 2.30. The van der Waals surface area contributed by atoms with Gasteiger partial charge in [0.15, 0.2) is 12.4 Å². The van der Waals surface area contributed by atoms with Crippen LogP contribution in [0.5, 0.6) is 0 Å². The highest BCUT2D eigenvalue weighted by atomic mass is 32.1. The molecule has 1 heterocycles. The third kappa shape index (κ3) is 4.14. The predicted octanol–water partition coefficient (Wildman–Crippen LogP) is 3.63. The standard InChI is InChI=1S/C19H19NO4S/c1-12(21)13-6-8-14(9-7-13)20-18(22)10-24-19(23)16-11-25-17-5-3-2-4-15(16)17/h6-9,11H,2-5,10H2,1H3,(H,20,22). The number of hydrogen-bond acceptors (Lipinski definition) is 5. The number of rotatable bonds is 5. The molecule has 25 heavy (non-hydrogen) atoms. The Morgan fingerprint density at radius 3 is 2.56 bits per heavy atom. The number of benzene rings is 1. The molecular formula is C19H19NO4S. The highest BCUT2D eigenvalue weighted by molar-refractivity contribution is 7.10. The van der Waals surface area contributed by atoms with Gasteiger partial charge < -0.3 is 10.1 Å². The summed E-state index contributed by atoms with van der Waals surface area (Å²) in [5.74, 6) is -0.889. The number of esters is 1. The van der Waals surface area contributed by atoms with Crippen LogP contribution in [0.2, 0.25) is 0 Å². The molecular weight excluding hydrogens is 338 g/mol. The lowest BCUT2D eigenvalue weighted by Gasteiger charge is -2.12. The van der Waals surface area contributed by atoms with Crippen LogP contribution in [-0.4, -0.2) is 24.3 Å². The Labute approximate surface area is 150 Å². The fourth-order valence-electron chi connectivity index (χ4n) is 2.86. The Morgan fingerprint density at radius 1 is 1.12 bits per heavy atom. The zero-order valence-corrected chi connectivity index (χ0v) is 14.8. The van der Waals surface area contributed by atoms with Gasteiger partial charge in [-0.1, -0.05) is 0 Å². The van der Waals surface area contributed by atoms with Gasteiger partial charge in [0.2, 0.25) is 0 Å². The fraction of sp³-hybridized carbons (Fsp3) is 0.316. The average Bonchev–Trinajstić information content (AvgIpc) is 3.04. The van der Waals surface area contributed by atoms with Crippen LogP contribution in [0, 0.1) is 0 Å². The molecule has 0 spiro atoms. The van der Waals surface area contributed by atoms with Gasteiger partial charge >= 0.3 is 5.97 Å². The van der Waals surface area contributed by atoms with Gasteiger partial charge in [0.1, 0.15) is 0 Å². The number of thiophene rings is 1. The topological polar surface area (TPSA) is 72.5 Å². The fourth-order valence-corrected chi connectivity index (χ4v) is 3.97. The second-order valence-electron chi connectivity index (χ2n) is 6.02. The van der Waals surface area contributed by atoms with Gasteiger partial charge in [0.25, 0.3) is 5.91 Å². The average molecular weight is 357 g/mol. The maximum absolute atomic E-state index is 12.2. The van der Waals surface area contributed by atoms with E-state index in [1.54, 1.807) is 35.6 Å². The van der Waals surface area contributed by atoms with Crippen LogP contribution in [0.25, 0.3) is 0 Å². The summed E-state index contributed by atoms with van der Waals surface area (Å²) in [4.78, 5) is 36.6. The van der Waals surface area contributed by atoms with Gasteiger partial charge in [-0.2, -0.15) is 0 Å². The quantitative estimate of drug-likeness (QED) is 0.655. The SMILES string of the molecule is CC(=O)c1ccc(NC(=O)COC(=O)c2csc3c2CCCC3)cc1. The van der Waals surface area contributed by atoms with Gasteiger partial charge in [-0.3, -0.25) is 9.59 Å². The molecule has 130 valence electrons. The van der Waals surface area contributed by atoms with Crippen molar-refractivity contribution >= 4 is 34.7 Å². The normalized spacial score (nSPS) is 13.0. The van der Waals surface area contributed by atoms with E-state index in [0.717, 1.165) is 31.2 Å². The molecule has 0 saturated heterocycles. The van der Waals surface area contributed by atoms with Crippen molar-refractivity contribution in [1.82, 2.24) is 0 Å². The Hall–Kier alpha value is -2.47. The molecule has 0 saturated carbocycles. The summed E-state index contributed by atoms with van der Waals surface area (Å²) in [5, 5.41) is 4.48. The van der Waals surface area contributed by atoms with E-state index < -0.39 is 11.9 Å². The molecule has 0 radical (unpaired) electrons. The number of anilines is 1. The lowest BCUT2D eigenvalue weighted by atomic mass is 9.96. The molecule has 0 unspecified atom stereocenters. The second kappa shape index (κ2) is 7.61. The van der Waals surface area contributed by atoms with E-state index in [1.165, 1.54) is 11.8 Å². The van der Waals surface area contributed by atoms with E-state index in [1.807, 2.05) is 5.38 Å². The van der Waals surface area contributed by atoms with Crippen LogP contribution in [0.4, 0.5) is 5.69 Å². The number of fused-ring (bicyclic) bond motifs is 1. The van der Waals surface area contributed by atoms with E-state index in [2.05, 4.69) is 5.32 Å². The molecule has 1 aromatic heterocycles. The Kier molecular flexibility index (Phi) is 5.28. The van der Waals surface area contributed by atoms with Crippen LogP contribution in [-0.2, 0) is 22.4 Å². The first-order chi connectivity index (χ1) is 12.0. The zero-order valence-electron chi connectivity index (χ0n) is 14.0. The van der Waals surface area contributed by atoms with Crippen molar-refractivity contribution in [3.05, 3.63) is 51.2 Å². The molecule has 0 atom stereocenters. The molecule has 1 aromatic carbocycles. The Bertz CT molecular complexity index is 807. The molecule has 2 aromatic rings. The summed E-state index contributed by atoms with van der Waals surface area (Å²) in [6.45, 7) is 1.15. The van der Waals surface area contributed by atoms with E-state index in [0.29, 0.717) is 16.8 Å². The van der Waals surface area contributed by atoms with Crippen LogP contribution in [0.15, 0.2) is 29.6 Å². The number of ether oxygens (including phenoxy) is 1.